The Labute approximate surface area is 264 Å². The van der Waals surface area contributed by atoms with Crippen molar-refractivity contribution >= 4 is 43.9 Å². The van der Waals surface area contributed by atoms with E-state index in [2.05, 4.69) is 71.5 Å². The fourth-order valence-electron chi connectivity index (χ4n) is 6.48. The van der Waals surface area contributed by atoms with Crippen molar-refractivity contribution in [3.63, 3.8) is 0 Å². The Kier molecular flexibility index (Phi) is 5.80. The maximum Gasteiger partial charge on any atom is 0.146 e. The van der Waals surface area contributed by atoms with Crippen molar-refractivity contribution in [1.82, 2.24) is 34.1 Å². The van der Waals surface area contributed by atoms with Gasteiger partial charge in [-0.1, -0.05) is 41.5 Å². The van der Waals surface area contributed by atoms with Gasteiger partial charge >= 0.3 is 0 Å². The number of hydrogen-bond acceptors (Lipinski definition) is 5. The zero-order valence-corrected chi connectivity index (χ0v) is 25.3. The molecule has 0 saturated carbocycles. The molecule has 0 aliphatic carbocycles. The molecule has 218 valence electrons. The third-order valence-electron chi connectivity index (χ3n) is 8.56. The lowest BCUT2D eigenvalue weighted by Gasteiger charge is -2.10. The van der Waals surface area contributed by atoms with Crippen molar-refractivity contribution in [2.75, 3.05) is 0 Å². The quantitative estimate of drug-likeness (QED) is 0.204. The number of rotatable bonds is 4. The van der Waals surface area contributed by atoms with Crippen LogP contribution in [-0.2, 0) is 0 Å². The summed E-state index contributed by atoms with van der Waals surface area (Å²) < 4.78 is 4.26. The highest BCUT2D eigenvalue weighted by Crippen LogP contribution is 2.33. The van der Waals surface area contributed by atoms with Gasteiger partial charge in [0.1, 0.15) is 22.9 Å². The molecular formula is C39H27N7. The van der Waals surface area contributed by atoms with E-state index >= 15 is 0 Å². The molecule has 2 aromatic carbocycles. The molecule has 0 saturated heterocycles. The molecule has 7 heterocycles. The Morgan fingerprint density at radius 1 is 0.413 bits per heavy atom. The molecule has 0 bridgehead atoms. The summed E-state index contributed by atoms with van der Waals surface area (Å²) in [6.07, 6.45) is 3.66. The first-order chi connectivity index (χ1) is 22.6. The van der Waals surface area contributed by atoms with Crippen LogP contribution in [0.15, 0.2) is 128 Å². The second-order valence-corrected chi connectivity index (χ2v) is 11.6. The van der Waals surface area contributed by atoms with Gasteiger partial charge in [0, 0.05) is 33.9 Å². The fourth-order valence-corrected chi connectivity index (χ4v) is 6.48. The topological polar surface area (TPSA) is 74.3 Å². The van der Waals surface area contributed by atoms with Crippen molar-refractivity contribution < 1.29 is 0 Å². The molecule has 9 rings (SSSR count). The Bertz CT molecular complexity index is 2450. The van der Waals surface area contributed by atoms with Crippen LogP contribution in [0, 0.1) is 13.8 Å². The standard InChI is InChI=1S/C39H27N7/c1-24-16-18-34-28(22-24)26-8-6-20-40-38(26)45(34)36-14-4-12-32(43-36)30-10-3-11-31(42-30)33-13-5-15-37(44-33)46-35-19-17-25(2)23-29(35)27-9-7-21-41-39(27)46/h3-23H,1-2H3. The molecule has 0 N–H and O–H groups in total. The molecule has 7 heteroatoms. The minimum atomic E-state index is 0.769. The minimum Gasteiger partial charge on any atom is -0.278 e. The zero-order valence-electron chi connectivity index (χ0n) is 25.3. The number of nitrogens with zero attached hydrogens (tertiary/aromatic N) is 7. The average Bonchev–Trinajstić information content (AvgIpc) is 3.60. The maximum absolute atomic E-state index is 5.10. The van der Waals surface area contributed by atoms with Gasteiger partial charge in [-0.05, 0) is 98.8 Å². The van der Waals surface area contributed by atoms with Crippen LogP contribution in [-0.4, -0.2) is 34.1 Å². The van der Waals surface area contributed by atoms with Crippen LogP contribution in [0.4, 0.5) is 0 Å². The van der Waals surface area contributed by atoms with Crippen molar-refractivity contribution in [2.24, 2.45) is 0 Å². The van der Waals surface area contributed by atoms with Gasteiger partial charge in [-0.3, -0.25) is 9.13 Å². The maximum atomic E-state index is 5.10. The normalized spacial score (nSPS) is 11.7. The van der Waals surface area contributed by atoms with E-state index in [0.29, 0.717) is 0 Å². The number of pyridine rings is 5. The van der Waals surface area contributed by atoms with Gasteiger partial charge in [-0.25, -0.2) is 24.9 Å². The zero-order chi connectivity index (χ0) is 30.8. The fraction of sp³-hybridized carbons (Fsp3) is 0.0513. The summed E-state index contributed by atoms with van der Waals surface area (Å²) in [5.74, 6) is 1.59. The van der Waals surface area contributed by atoms with E-state index < -0.39 is 0 Å². The van der Waals surface area contributed by atoms with Crippen LogP contribution in [0.2, 0.25) is 0 Å². The highest BCUT2D eigenvalue weighted by atomic mass is 15.1. The molecule has 7 aromatic heterocycles. The number of aromatic nitrogens is 7. The van der Waals surface area contributed by atoms with Crippen LogP contribution in [0.25, 0.3) is 78.3 Å². The molecule has 0 aliphatic heterocycles. The Morgan fingerprint density at radius 3 is 1.33 bits per heavy atom. The summed E-state index contributed by atoms with van der Waals surface area (Å²) >= 11 is 0. The number of fused-ring (bicyclic) bond motifs is 6. The molecule has 0 atom stereocenters. The molecule has 0 spiro atoms. The monoisotopic (exact) mass is 593 g/mol. The van der Waals surface area contributed by atoms with Gasteiger partial charge in [-0.2, -0.15) is 0 Å². The molecule has 0 amide bonds. The predicted molar refractivity (Wildman–Crippen MR) is 184 cm³/mol. The number of benzene rings is 2. The lowest BCUT2D eigenvalue weighted by molar-refractivity contribution is 1.05. The van der Waals surface area contributed by atoms with E-state index in [4.69, 9.17) is 24.9 Å². The van der Waals surface area contributed by atoms with Crippen molar-refractivity contribution in [3.05, 3.63) is 139 Å². The Morgan fingerprint density at radius 2 is 0.848 bits per heavy atom. The second-order valence-electron chi connectivity index (χ2n) is 11.6. The Hall–Kier alpha value is -6.21. The SMILES string of the molecule is Cc1ccc2c(c1)c1cccnc1n2-c1cccc(-c2cccc(-c3cccc(-n4c5ccc(C)cc5c5cccnc54)n3)n2)n1. The summed E-state index contributed by atoms with van der Waals surface area (Å²) in [6, 6.07) is 39.2. The molecule has 0 aliphatic rings. The highest BCUT2D eigenvalue weighted by Gasteiger charge is 2.17. The third-order valence-corrected chi connectivity index (χ3v) is 8.56. The summed E-state index contributed by atoms with van der Waals surface area (Å²) in [5.41, 5.74) is 9.40. The summed E-state index contributed by atoms with van der Waals surface area (Å²) in [4.78, 5) is 24.8. The number of aryl methyl sites for hydroxylation is 2. The van der Waals surface area contributed by atoms with Crippen LogP contribution >= 0.6 is 0 Å². The first-order valence-corrected chi connectivity index (χ1v) is 15.3. The lowest BCUT2D eigenvalue weighted by Crippen LogP contribution is -2.01. The highest BCUT2D eigenvalue weighted by molar-refractivity contribution is 6.08. The van der Waals surface area contributed by atoms with Gasteiger partial charge in [0.15, 0.2) is 0 Å². The van der Waals surface area contributed by atoms with E-state index in [9.17, 15) is 0 Å². The van der Waals surface area contributed by atoms with Gasteiger partial charge in [0.2, 0.25) is 0 Å². The summed E-state index contributed by atoms with van der Waals surface area (Å²) in [6.45, 7) is 4.23. The average molecular weight is 594 g/mol. The van der Waals surface area contributed by atoms with Gasteiger partial charge < -0.3 is 0 Å². The summed E-state index contributed by atoms with van der Waals surface area (Å²) in [5, 5.41) is 4.53. The summed E-state index contributed by atoms with van der Waals surface area (Å²) in [7, 11) is 0. The first-order valence-electron chi connectivity index (χ1n) is 15.3. The molecule has 7 nitrogen and oxygen atoms in total. The molecule has 0 radical (unpaired) electrons. The van der Waals surface area contributed by atoms with Gasteiger partial charge in [0.25, 0.3) is 0 Å². The van der Waals surface area contributed by atoms with Crippen LogP contribution in [0.1, 0.15) is 11.1 Å². The molecule has 9 aromatic rings. The lowest BCUT2D eigenvalue weighted by atomic mass is 10.1. The second kappa shape index (κ2) is 10.2. The molecule has 0 fully saturated rings. The van der Waals surface area contributed by atoms with E-state index in [0.717, 1.165) is 78.3 Å². The predicted octanol–water partition coefficient (Wildman–Crippen LogP) is 8.81. The first kappa shape index (κ1) is 26.2. The van der Waals surface area contributed by atoms with Crippen LogP contribution < -0.4 is 0 Å². The van der Waals surface area contributed by atoms with Gasteiger partial charge in [0.05, 0.1) is 33.8 Å². The van der Waals surface area contributed by atoms with Crippen molar-refractivity contribution in [2.45, 2.75) is 13.8 Å². The largest absolute Gasteiger partial charge is 0.278 e. The van der Waals surface area contributed by atoms with E-state index in [1.807, 2.05) is 79.1 Å². The third kappa shape index (κ3) is 4.09. The Balaban J connectivity index is 1.15. The molecule has 0 unspecified atom stereocenters. The molecule has 46 heavy (non-hydrogen) atoms. The van der Waals surface area contributed by atoms with Crippen LogP contribution in [0.5, 0.6) is 0 Å². The van der Waals surface area contributed by atoms with E-state index in [1.165, 1.54) is 11.1 Å². The van der Waals surface area contributed by atoms with Crippen molar-refractivity contribution in [1.29, 1.82) is 0 Å². The van der Waals surface area contributed by atoms with Crippen molar-refractivity contribution in [3.8, 4) is 34.4 Å². The smallest absolute Gasteiger partial charge is 0.146 e. The van der Waals surface area contributed by atoms with E-state index in [1.54, 1.807) is 0 Å². The van der Waals surface area contributed by atoms with Gasteiger partial charge in [-0.15, -0.1) is 0 Å². The molecular weight excluding hydrogens is 566 g/mol. The van der Waals surface area contributed by atoms with E-state index in [-0.39, 0.29) is 0 Å². The minimum absolute atomic E-state index is 0.769. The van der Waals surface area contributed by atoms with Crippen LogP contribution in [0.3, 0.4) is 0 Å². The number of hydrogen-bond donors (Lipinski definition) is 0.